The molecule has 28 heavy (non-hydrogen) atoms. The van der Waals surface area contributed by atoms with Gasteiger partial charge in [-0.15, -0.1) is 0 Å². The lowest BCUT2D eigenvalue weighted by Crippen LogP contribution is -2.58. The van der Waals surface area contributed by atoms with Crippen LogP contribution in [0.15, 0.2) is 12.3 Å². The van der Waals surface area contributed by atoms with Crippen LogP contribution in [0, 0.1) is 5.92 Å². The molecule has 0 saturated carbocycles. The number of carbonyl (C=O) groups is 1. The number of piperidine rings is 1. The summed E-state index contributed by atoms with van der Waals surface area (Å²) in [5.74, 6) is -2.32. The number of rotatable bonds is 3. The Morgan fingerprint density at radius 2 is 1.71 bits per heavy atom. The molecule has 1 aliphatic rings. The van der Waals surface area contributed by atoms with Crippen molar-refractivity contribution in [3.8, 4) is 0 Å². The molecule has 11 heteroatoms. The zero-order valence-electron chi connectivity index (χ0n) is 15.9. The van der Waals surface area contributed by atoms with Gasteiger partial charge in [0.2, 0.25) is 5.60 Å². The van der Waals surface area contributed by atoms with Crippen LogP contribution < -0.4 is 0 Å². The predicted molar refractivity (Wildman–Crippen MR) is 87.4 cm³/mol. The molecule has 1 fully saturated rings. The van der Waals surface area contributed by atoms with E-state index in [4.69, 9.17) is 0 Å². The molecule has 3 unspecified atom stereocenters. The molecule has 1 amide bonds. The maximum absolute atomic E-state index is 13.4. The van der Waals surface area contributed by atoms with Gasteiger partial charge in [-0.25, -0.2) is 0 Å². The third-order valence-corrected chi connectivity index (χ3v) is 5.44. The van der Waals surface area contributed by atoms with Crippen molar-refractivity contribution in [1.82, 2.24) is 14.7 Å². The lowest BCUT2D eigenvalue weighted by molar-refractivity contribution is -0.250. The van der Waals surface area contributed by atoms with Crippen LogP contribution in [-0.4, -0.2) is 56.7 Å². The number of amides is 1. The van der Waals surface area contributed by atoms with Crippen molar-refractivity contribution >= 4 is 5.91 Å². The molecule has 0 radical (unpaired) electrons. The van der Waals surface area contributed by atoms with Gasteiger partial charge in [-0.3, -0.25) is 9.48 Å². The van der Waals surface area contributed by atoms with Crippen molar-refractivity contribution < 1.29 is 36.2 Å². The number of aliphatic hydroxyl groups is 1. The molecule has 160 valence electrons. The third-order valence-electron chi connectivity index (χ3n) is 5.44. The molecule has 1 aromatic rings. The number of likely N-dealkylation sites (tertiary alicyclic amines) is 1. The highest BCUT2D eigenvalue weighted by Crippen LogP contribution is 2.41. The smallest absolute Gasteiger partial charge is 0.373 e. The number of nitrogens with zero attached hydrogens (tertiary/aromatic N) is 3. The van der Waals surface area contributed by atoms with E-state index in [1.54, 1.807) is 6.92 Å². The van der Waals surface area contributed by atoms with Gasteiger partial charge in [0.25, 0.3) is 5.91 Å². The average Bonchev–Trinajstić information content (AvgIpc) is 3.01. The number of alkyl halides is 6. The van der Waals surface area contributed by atoms with Crippen molar-refractivity contribution in [3.05, 3.63) is 18.0 Å². The first-order valence-corrected chi connectivity index (χ1v) is 8.71. The second-order valence-corrected chi connectivity index (χ2v) is 7.92. The second-order valence-electron chi connectivity index (χ2n) is 7.92. The van der Waals surface area contributed by atoms with Gasteiger partial charge < -0.3 is 10.0 Å². The molecule has 5 nitrogen and oxygen atoms in total. The highest BCUT2D eigenvalue weighted by molar-refractivity contribution is 5.85. The van der Waals surface area contributed by atoms with E-state index in [1.165, 1.54) is 12.3 Å². The van der Waals surface area contributed by atoms with E-state index in [0.717, 1.165) is 23.4 Å². The molecule has 2 heterocycles. The molecule has 0 bridgehead atoms. The molecule has 1 N–H and O–H groups in total. The highest BCUT2D eigenvalue weighted by atomic mass is 19.4. The maximum atomic E-state index is 13.4. The molecule has 3 atom stereocenters. The van der Waals surface area contributed by atoms with E-state index in [0.29, 0.717) is 12.6 Å². The summed E-state index contributed by atoms with van der Waals surface area (Å²) in [7, 11) is 0. The minimum atomic E-state index is -5.13. The van der Waals surface area contributed by atoms with Gasteiger partial charge in [0.05, 0.1) is 0 Å². The van der Waals surface area contributed by atoms with Crippen molar-refractivity contribution in [3.63, 3.8) is 0 Å². The summed E-state index contributed by atoms with van der Waals surface area (Å²) < 4.78 is 79.8. The molecule has 0 aliphatic carbocycles. The Morgan fingerprint density at radius 1 is 1.14 bits per heavy atom. The van der Waals surface area contributed by atoms with Crippen molar-refractivity contribution in [2.24, 2.45) is 5.92 Å². The van der Waals surface area contributed by atoms with Crippen LogP contribution in [0.2, 0.25) is 0 Å². The van der Waals surface area contributed by atoms with Gasteiger partial charge in [-0.2, -0.15) is 31.4 Å². The summed E-state index contributed by atoms with van der Waals surface area (Å²) in [4.78, 5) is 13.1. The minimum Gasteiger partial charge on any atom is -0.373 e. The minimum absolute atomic E-state index is 0.113. The molecule has 1 aromatic heterocycles. The summed E-state index contributed by atoms with van der Waals surface area (Å²) in [6, 6.07) is 1.46. The second kappa shape index (κ2) is 6.93. The predicted octanol–water partition coefficient (Wildman–Crippen LogP) is 3.45. The number of hydrogen-bond donors (Lipinski definition) is 1. The van der Waals surface area contributed by atoms with Gasteiger partial charge in [0.1, 0.15) is 0 Å². The first kappa shape index (κ1) is 22.5. The summed E-state index contributed by atoms with van der Waals surface area (Å²) >= 11 is 0. The summed E-state index contributed by atoms with van der Waals surface area (Å²) in [6.45, 7) is 3.79. The largest absolute Gasteiger partial charge is 0.426 e. The Balaban J connectivity index is 2.23. The van der Waals surface area contributed by atoms with Crippen molar-refractivity contribution in [1.29, 1.82) is 0 Å². The van der Waals surface area contributed by atoms with Crippen LogP contribution in [0.1, 0.15) is 45.7 Å². The molecule has 0 aromatic carbocycles. The lowest BCUT2D eigenvalue weighted by atomic mass is 9.83. The monoisotopic (exact) mass is 415 g/mol. The zero-order chi connectivity index (χ0) is 21.7. The van der Waals surface area contributed by atoms with E-state index < -0.39 is 41.2 Å². The lowest BCUT2D eigenvalue weighted by Gasteiger charge is -2.41. The molecule has 1 saturated heterocycles. The van der Waals surface area contributed by atoms with Gasteiger partial charge in [-0.1, -0.05) is 6.92 Å². The van der Waals surface area contributed by atoms with Gasteiger partial charge >= 0.3 is 12.4 Å². The Bertz CT molecular complexity index is 723. The van der Waals surface area contributed by atoms with Gasteiger partial charge in [0.15, 0.2) is 5.54 Å². The quantitative estimate of drug-likeness (QED) is 0.770. The Morgan fingerprint density at radius 3 is 2.18 bits per heavy atom. The first-order valence-electron chi connectivity index (χ1n) is 8.71. The van der Waals surface area contributed by atoms with E-state index in [-0.39, 0.29) is 19.5 Å². The topological polar surface area (TPSA) is 58.4 Å². The third kappa shape index (κ3) is 3.72. The Labute approximate surface area is 158 Å². The zero-order valence-corrected chi connectivity index (χ0v) is 15.9. The molecular formula is C17H23F6N3O2. The van der Waals surface area contributed by atoms with Gasteiger partial charge in [0, 0.05) is 30.9 Å². The average molecular weight is 415 g/mol. The standard InChI is InChI=1S/C17H23F6N3O2/c1-10-9-25(13(27)15(4,28)17(21,22)23)8-6-11(10)12-5-7-24-26(12)14(2,3)16(18,19)20/h5,7,10-11,28H,6,8-9H2,1-4H3. The van der Waals surface area contributed by atoms with E-state index in [2.05, 4.69) is 5.10 Å². The van der Waals surface area contributed by atoms with Crippen LogP contribution in [-0.2, 0) is 10.3 Å². The fourth-order valence-corrected chi connectivity index (χ4v) is 3.38. The fourth-order valence-electron chi connectivity index (χ4n) is 3.38. The maximum Gasteiger partial charge on any atom is 0.426 e. The van der Waals surface area contributed by atoms with Crippen LogP contribution in [0.3, 0.4) is 0 Å². The summed E-state index contributed by atoms with van der Waals surface area (Å²) in [6.07, 6.45) is -8.28. The summed E-state index contributed by atoms with van der Waals surface area (Å²) in [5, 5.41) is 13.4. The van der Waals surface area contributed by atoms with E-state index in [9.17, 15) is 36.2 Å². The Hall–Kier alpha value is -1.78. The Kier molecular flexibility index (Phi) is 5.57. The number of aromatic nitrogens is 2. The van der Waals surface area contributed by atoms with Crippen LogP contribution in [0.4, 0.5) is 26.3 Å². The van der Waals surface area contributed by atoms with Crippen LogP contribution in [0.5, 0.6) is 0 Å². The molecule has 0 spiro atoms. The van der Waals surface area contributed by atoms with Gasteiger partial charge in [-0.05, 0) is 39.2 Å². The van der Waals surface area contributed by atoms with Crippen molar-refractivity contribution in [2.45, 2.75) is 63.5 Å². The SMILES string of the molecule is CC1CN(C(=O)C(C)(O)C(F)(F)F)CCC1c1ccnn1C(C)(C)C(F)(F)F. The van der Waals surface area contributed by atoms with Crippen molar-refractivity contribution in [2.75, 3.05) is 13.1 Å². The summed E-state index contributed by atoms with van der Waals surface area (Å²) in [5.41, 5.74) is -5.47. The number of hydrogen-bond acceptors (Lipinski definition) is 3. The first-order chi connectivity index (χ1) is 12.5. The number of halogens is 6. The number of carbonyl (C=O) groups excluding carboxylic acids is 1. The molecule has 1 aliphatic heterocycles. The van der Waals surface area contributed by atoms with Crippen LogP contribution in [0.25, 0.3) is 0 Å². The molecule has 2 rings (SSSR count). The van der Waals surface area contributed by atoms with E-state index in [1.807, 2.05) is 0 Å². The normalized spacial score (nSPS) is 24.2. The van der Waals surface area contributed by atoms with E-state index >= 15 is 0 Å². The molecular weight excluding hydrogens is 392 g/mol. The van der Waals surface area contributed by atoms with Crippen LogP contribution >= 0.6 is 0 Å². The highest BCUT2D eigenvalue weighted by Gasteiger charge is 2.57. The fraction of sp³-hybridized carbons (Fsp3) is 0.765.